The van der Waals surface area contributed by atoms with Crippen molar-refractivity contribution in [3.63, 3.8) is 0 Å². The lowest BCUT2D eigenvalue weighted by Crippen LogP contribution is -2.40. The number of morpholine rings is 1. The van der Waals surface area contributed by atoms with Crippen LogP contribution < -0.4 is 5.32 Å². The molecule has 0 spiro atoms. The highest BCUT2D eigenvalue weighted by molar-refractivity contribution is 7.89. The second-order valence-corrected chi connectivity index (χ2v) is 9.74. The Balaban J connectivity index is 1.60. The van der Waals surface area contributed by atoms with Crippen LogP contribution in [-0.2, 0) is 14.8 Å². The number of fused-ring (bicyclic) bond motifs is 1. The lowest BCUT2D eigenvalue weighted by atomic mass is 9.99. The van der Waals surface area contributed by atoms with E-state index in [0.29, 0.717) is 13.2 Å². The SMILES string of the molecule is CC(NC(=O)c1ccc(Cl)c(S(=O)(=O)N2CCOCC2)c1)c1cccc2ccccc12. The van der Waals surface area contributed by atoms with Crippen molar-refractivity contribution in [2.45, 2.75) is 17.9 Å². The average molecular weight is 459 g/mol. The molecule has 0 saturated carbocycles. The van der Waals surface area contributed by atoms with Crippen LogP contribution in [0, 0.1) is 0 Å². The summed E-state index contributed by atoms with van der Waals surface area (Å²) in [5.41, 5.74) is 1.23. The number of nitrogens with zero attached hydrogens (tertiary/aromatic N) is 1. The lowest BCUT2D eigenvalue weighted by Gasteiger charge is -2.26. The fourth-order valence-electron chi connectivity index (χ4n) is 3.75. The second kappa shape index (κ2) is 8.96. The first-order valence-corrected chi connectivity index (χ1v) is 11.9. The molecule has 6 nitrogen and oxygen atoms in total. The molecular weight excluding hydrogens is 436 g/mol. The van der Waals surface area contributed by atoms with Crippen LogP contribution in [0.15, 0.2) is 65.6 Å². The molecule has 3 aromatic rings. The van der Waals surface area contributed by atoms with Gasteiger partial charge in [0.15, 0.2) is 0 Å². The van der Waals surface area contributed by atoms with Crippen LogP contribution in [0.4, 0.5) is 0 Å². The van der Waals surface area contributed by atoms with Gasteiger partial charge in [-0.1, -0.05) is 54.1 Å². The molecule has 4 rings (SSSR count). The van der Waals surface area contributed by atoms with Gasteiger partial charge in [-0.15, -0.1) is 0 Å². The number of carbonyl (C=O) groups is 1. The number of amides is 1. The number of hydrogen-bond donors (Lipinski definition) is 1. The molecule has 1 aliphatic rings. The molecule has 162 valence electrons. The maximum absolute atomic E-state index is 13.0. The first kappa shape index (κ1) is 21.8. The number of hydrogen-bond acceptors (Lipinski definition) is 4. The minimum atomic E-state index is -3.82. The third kappa shape index (κ3) is 4.45. The smallest absolute Gasteiger partial charge is 0.251 e. The van der Waals surface area contributed by atoms with Gasteiger partial charge in [-0.25, -0.2) is 8.42 Å². The number of nitrogens with one attached hydrogen (secondary N) is 1. The summed E-state index contributed by atoms with van der Waals surface area (Å²) in [6.45, 7) is 3.08. The first-order chi connectivity index (χ1) is 14.9. The van der Waals surface area contributed by atoms with Gasteiger partial charge in [0.2, 0.25) is 10.0 Å². The second-order valence-electron chi connectivity index (χ2n) is 7.43. The molecule has 1 aliphatic heterocycles. The van der Waals surface area contributed by atoms with E-state index < -0.39 is 10.0 Å². The lowest BCUT2D eigenvalue weighted by molar-refractivity contribution is 0.0730. The predicted molar refractivity (Wildman–Crippen MR) is 121 cm³/mol. The number of halogens is 1. The Kier molecular flexibility index (Phi) is 6.29. The third-order valence-electron chi connectivity index (χ3n) is 5.42. The Morgan fingerprint density at radius 2 is 1.77 bits per heavy atom. The molecule has 1 saturated heterocycles. The summed E-state index contributed by atoms with van der Waals surface area (Å²) in [7, 11) is -3.82. The van der Waals surface area contributed by atoms with Crippen LogP contribution in [-0.4, -0.2) is 44.9 Å². The Morgan fingerprint density at radius 3 is 2.55 bits per heavy atom. The van der Waals surface area contributed by atoms with Crippen molar-refractivity contribution in [1.29, 1.82) is 0 Å². The van der Waals surface area contributed by atoms with Crippen LogP contribution in [0.2, 0.25) is 5.02 Å². The van der Waals surface area contributed by atoms with E-state index in [0.717, 1.165) is 16.3 Å². The van der Waals surface area contributed by atoms with Crippen molar-refractivity contribution >= 4 is 38.3 Å². The summed E-state index contributed by atoms with van der Waals surface area (Å²) >= 11 is 6.20. The van der Waals surface area contributed by atoms with Crippen LogP contribution in [0.25, 0.3) is 10.8 Å². The summed E-state index contributed by atoms with van der Waals surface area (Å²) in [5, 5.41) is 5.21. The molecule has 0 radical (unpaired) electrons. The number of benzene rings is 3. The number of carbonyl (C=O) groups excluding carboxylic acids is 1. The summed E-state index contributed by atoms with van der Waals surface area (Å²) < 4.78 is 32.6. The molecule has 0 aromatic heterocycles. The van der Waals surface area contributed by atoms with Crippen LogP contribution >= 0.6 is 11.6 Å². The van der Waals surface area contributed by atoms with Crippen molar-refractivity contribution < 1.29 is 17.9 Å². The van der Waals surface area contributed by atoms with Gasteiger partial charge in [0.25, 0.3) is 5.91 Å². The molecule has 1 heterocycles. The largest absolute Gasteiger partial charge is 0.379 e. The Morgan fingerprint density at radius 1 is 1.06 bits per heavy atom. The van der Waals surface area contributed by atoms with E-state index in [1.54, 1.807) is 0 Å². The molecule has 8 heteroatoms. The summed E-state index contributed by atoms with van der Waals surface area (Å²) in [4.78, 5) is 12.9. The van der Waals surface area contributed by atoms with Crippen molar-refractivity contribution in [3.05, 3.63) is 76.8 Å². The molecular formula is C23H23ClN2O4S. The highest BCUT2D eigenvalue weighted by atomic mass is 35.5. The van der Waals surface area contributed by atoms with Crippen molar-refractivity contribution in [3.8, 4) is 0 Å². The third-order valence-corrected chi connectivity index (χ3v) is 7.80. The molecule has 1 atom stereocenters. The van der Waals surface area contributed by atoms with E-state index in [9.17, 15) is 13.2 Å². The van der Waals surface area contributed by atoms with E-state index in [-0.39, 0.29) is 40.5 Å². The van der Waals surface area contributed by atoms with Gasteiger partial charge >= 0.3 is 0 Å². The Bertz CT molecular complexity index is 1220. The van der Waals surface area contributed by atoms with E-state index in [4.69, 9.17) is 16.3 Å². The van der Waals surface area contributed by atoms with Gasteiger partial charge in [-0.05, 0) is 41.5 Å². The van der Waals surface area contributed by atoms with Crippen molar-refractivity contribution in [1.82, 2.24) is 9.62 Å². The highest BCUT2D eigenvalue weighted by Crippen LogP contribution is 2.28. The van der Waals surface area contributed by atoms with Crippen LogP contribution in [0.3, 0.4) is 0 Å². The first-order valence-electron chi connectivity index (χ1n) is 10.0. The molecule has 1 unspecified atom stereocenters. The Labute approximate surface area is 186 Å². The normalized spacial score (nSPS) is 16.2. The Hall–Kier alpha value is -2.45. The van der Waals surface area contributed by atoms with E-state index in [1.165, 1.54) is 22.5 Å². The molecule has 1 N–H and O–H groups in total. The van der Waals surface area contributed by atoms with Crippen molar-refractivity contribution in [2.24, 2.45) is 0 Å². The monoisotopic (exact) mass is 458 g/mol. The minimum Gasteiger partial charge on any atom is -0.379 e. The van der Waals surface area contributed by atoms with Gasteiger partial charge in [-0.3, -0.25) is 4.79 Å². The van der Waals surface area contributed by atoms with Gasteiger partial charge in [0, 0.05) is 18.7 Å². The fourth-order valence-corrected chi connectivity index (χ4v) is 5.66. The summed E-state index contributed by atoms with van der Waals surface area (Å²) in [6, 6.07) is 18.0. The zero-order valence-corrected chi connectivity index (χ0v) is 18.6. The topological polar surface area (TPSA) is 75.7 Å². The van der Waals surface area contributed by atoms with E-state index in [2.05, 4.69) is 5.32 Å². The number of rotatable bonds is 5. The van der Waals surface area contributed by atoms with Gasteiger partial charge in [0.05, 0.1) is 24.3 Å². The number of ether oxygens (including phenoxy) is 1. The molecule has 0 aliphatic carbocycles. The van der Waals surface area contributed by atoms with Crippen LogP contribution in [0.1, 0.15) is 28.9 Å². The summed E-state index contributed by atoms with van der Waals surface area (Å²) in [6.07, 6.45) is 0. The zero-order chi connectivity index (χ0) is 22.0. The molecule has 0 bridgehead atoms. The number of sulfonamides is 1. The fraction of sp³-hybridized carbons (Fsp3) is 0.261. The maximum atomic E-state index is 13.0. The van der Waals surface area contributed by atoms with E-state index in [1.807, 2.05) is 49.4 Å². The van der Waals surface area contributed by atoms with Gasteiger partial charge < -0.3 is 10.1 Å². The maximum Gasteiger partial charge on any atom is 0.251 e. The molecule has 3 aromatic carbocycles. The predicted octanol–water partition coefficient (Wildman–Crippen LogP) is 4.01. The van der Waals surface area contributed by atoms with Gasteiger partial charge in [0.1, 0.15) is 4.90 Å². The molecule has 31 heavy (non-hydrogen) atoms. The van der Waals surface area contributed by atoms with E-state index >= 15 is 0 Å². The average Bonchev–Trinajstić information content (AvgIpc) is 2.79. The van der Waals surface area contributed by atoms with Gasteiger partial charge in [-0.2, -0.15) is 4.31 Å². The standard InChI is InChI=1S/C23H23ClN2O4S/c1-16(19-8-4-6-17-5-2-3-7-20(17)19)25-23(27)18-9-10-21(24)22(15-18)31(28,29)26-11-13-30-14-12-26/h2-10,15-16H,11-14H2,1H3,(H,25,27). The minimum absolute atomic E-state index is 0.0680. The quantitative estimate of drug-likeness (QED) is 0.627. The molecule has 1 amide bonds. The molecule has 1 fully saturated rings. The highest BCUT2D eigenvalue weighted by Gasteiger charge is 2.29. The van der Waals surface area contributed by atoms with Crippen molar-refractivity contribution in [2.75, 3.05) is 26.3 Å². The zero-order valence-electron chi connectivity index (χ0n) is 17.0. The van der Waals surface area contributed by atoms with Crippen LogP contribution in [0.5, 0.6) is 0 Å². The summed E-state index contributed by atoms with van der Waals surface area (Å²) in [5.74, 6) is -0.365.